The standard InChI is InChI=1S/C20H26O6/c1-11(2)19(22)25-10-14-6-7-17(24-5)13(4)16(21)9-15-12(3)20(23)26-18(15)8-14/h8,11,15,17-18H,3-4,6-7,9-10H2,1-2,5H3/b14-8-/t15-,17-,18+/m0/s1. The molecule has 0 bridgehead atoms. The molecule has 0 aromatic heterocycles. The first kappa shape index (κ1) is 20.1. The van der Waals surface area contributed by atoms with Crippen LogP contribution in [0.3, 0.4) is 0 Å². The van der Waals surface area contributed by atoms with Gasteiger partial charge in [-0.05, 0) is 24.5 Å². The molecule has 2 rings (SSSR count). The zero-order valence-electron chi connectivity index (χ0n) is 15.6. The molecule has 0 aromatic rings. The van der Waals surface area contributed by atoms with E-state index in [-0.39, 0.29) is 36.3 Å². The van der Waals surface area contributed by atoms with Gasteiger partial charge in [0.15, 0.2) is 5.78 Å². The second kappa shape index (κ2) is 8.45. The van der Waals surface area contributed by atoms with Crippen LogP contribution in [0, 0.1) is 11.8 Å². The van der Waals surface area contributed by atoms with Crippen molar-refractivity contribution >= 4 is 17.7 Å². The van der Waals surface area contributed by atoms with Crippen molar-refractivity contribution < 1.29 is 28.6 Å². The summed E-state index contributed by atoms with van der Waals surface area (Å²) in [6.45, 7) is 11.3. The molecule has 1 saturated heterocycles. The Morgan fingerprint density at radius 1 is 1.31 bits per heavy atom. The van der Waals surface area contributed by atoms with Gasteiger partial charge in [-0.1, -0.05) is 27.0 Å². The summed E-state index contributed by atoms with van der Waals surface area (Å²) in [6.07, 6.45) is 1.92. The maximum Gasteiger partial charge on any atom is 0.334 e. The number of rotatable bonds is 4. The van der Waals surface area contributed by atoms with Crippen molar-refractivity contribution in [3.63, 3.8) is 0 Å². The number of Topliss-reactive ketones (excluding diaryl/α,β-unsaturated/α-hetero) is 1. The van der Waals surface area contributed by atoms with Crippen molar-refractivity contribution in [3.05, 3.63) is 36.0 Å². The minimum absolute atomic E-state index is 0.0868. The fourth-order valence-electron chi connectivity index (χ4n) is 3.05. The molecule has 0 unspecified atom stereocenters. The highest BCUT2D eigenvalue weighted by atomic mass is 16.6. The number of carbonyl (C=O) groups excluding carboxylic acids is 3. The van der Waals surface area contributed by atoms with Gasteiger partial charge in [-0.15, -0.1) is 0 Å². The molecule has 0 saturated carbocycles. The Labute approximate surface area is 153 Å². The van der Waals surface area contributed by atoms with Gasteiger partial charge in [-0.25, -0.2) is 4.79 Å². The largest absolute Gasteiger partial charge is 0.461 e. The summed E-state index contributed by atoms with van der Waals surface area (Å²) in [7, 11) is 1.53. The number of esters is 2. The summed E-state index contributed by atoms with van der Waals surface area (Å²) >= 11 is 0. The lowest BCUT2D eigenvalue weighted by atomic mass is 9.85. The molecule has 1 aliphatic heterocycles. The molecule has 6 heteroatoms. The maximum absolute atomic E-state index is 12.5. The van der Waals surface area contributed by atoms with Crippen LogP contribution in [-0.4, -0.2) is 43.6 Å². The second-order valence-electron chi connectivity index (χ2n) is 7.00. The van der Waals surface area contributed by atoms with Gasteiger partial charge in [0.05, 0.1) is 12.0 Å². The lowest BCUT2D eigenvalue weighted by molar-refractivity contribution is -0.146. The summed E-state index contributed by atoms with van der Waals surface area (Å²) in [5, 5.41) is 0. The van der Waals surface area contributed by atoms with Crippen LogP contribution in [0.1, 0.15) is 33.1 Å². The van der Waals surface area contributed by atoms with Crippen LogP contribution >= 0.6 is 0 Å². The van der Waals surface area contributed by atoms with E-state index >= 15 is 0 Å². The molecule has 0 aromatic carbocycles. The van der Waals surface area contributed by atoms with E-state index in [4.69, 9.17) is 14.2 Å². The van der Waals surface area contributed by atoms with Crippen LogP contribution in [0.5, 0.6) is 0 Å². The highest BCUT2D eigenvalue weighted by molar-refractivity contribution is 5.98. The van der Waals surface area contributed by atoms with Crippen molar-refractivity contribution in [1.82, 2.24) is 0 Å². The SMILES string of the molecule is C=C1C(=O)C[C@H]2C(=C)C(=O)O[C@@H]2/C=C(\COC(=O)C(C)C)CC[C@@H]1OC. The lowest BCUT2D eigenvalue weighted by Crippen LogP contribution is -2.27. The number of hydrogen-bond donors (Lipinski definition) is 0. The number of fused-ring (bicyclic) bond motifs is 1. The van der Waals surface area contributed by atoms with Crippen molar-refractivity contribution in [3.8, 4) is 0 Å². The van der Waals surface area contributed by atoms with Gasteiger partial charge >= 0.3 is 11.9 Å². The van der Waals surface area contributed by atoms with Gasteiger partial charge in [0, 0.05) is 30.6 Å². The number of carbonyl (C=O) groups is 3. The lowest BCUT2D eigenvalue weighted by Gasteiger charge is -2.23. The quantitative estimate of drug-likeness (QED) is 0.434. The number of hydrogen-bond acceptors (Lipinski definition) is 6. The molecule has 142 valence electrons. The molecule has 3 atom stereocenters. The van der Waals surface area contributed by atoms with E-state index in [9.17, 15) is 14.4 Å². The Morgan fingerprint density at radius 3 is 2.62 bits per heavy atom. The monoisotopic (exact) mass is 362 g/mol. The molecule has 0 spiro atoms. The van der Waals surface area contributed by atoms with Crippen molar-refractivity contribution in [2.45, 2.75) is 45.3 Å². The fourth-order valence-corrected chi connectivity index (χ4v) is 3.05. The Kier molecular flexibility index (Phi) is 6.53. The predicted molar refractivity (Wildman–Crippen MR) is 95.2 cm³/mol. The smallest absolute Gasteiger partial charge is 0.334 e. The zero-order valence-corrected chi connectivity index (χ0v) is 15.6. The molecule has 26 heavy (non-hydrogen) atoms. The molecule has 0 radical (unpaired) electrons. The molecule has 1 fully saturated rings. The third kappa shape index (κ3) is 4.49. The first-order chi connectivity index (χ1) is 12.2. The van der Waals surface area contributed by atoms with E-state index in [1.165, 1.54) is 7.11 Å². The Hall–Kier alpha value is -2.21. The third-order valence-electron chi connectivity index (χ3n) is 4.78. The van der Waals surface area contributed by atoms with E-state index in [2.05, 4.69) is 13.2 Å². The van der Waals surface area contributed by atoms with E-state index in [0.29, 0.717) is 18.4 Å². The topological polar surface area (TPSA) is 78.9 Å². The first-order valence-electron chi connectivity index (χ1n) is 8.75. The number of ketones is 1. The predicted octanol–water partition coefficient (Wildman–Crippen LogP) is 2.53. The van der Waals surface area contributed by atoms with Crippen molar-refractivity contribution in [2.24, 2.45) is 11.8 Å². The van der Waals surface area contributed by atoms with Gasteiger partial charge in [0.25, 0.3) is 0 Å². The number of ether oxygens (including phenoxy) is 3. The summed E-state index contributed by atoms with van der Waals surface area (Å²) in [4.78, 5) is 36.2. The molecule has 0 N–H and O–H groups in total. The minimum atomic E-state index is -0.585. The van der Waals surface area contributed by atoms with Gasteiger partial charge < -0.3 is 14.2 Å². The average Bonchev–Trinajstić information content (AvgIpc) is 2.86. The highest BCUT2D eigenvalue weighted by Gasteiger charge is 2.40. The van der Waals surface area contributed by atoms with Crippen molar-refractivity contribution in [2.75, 3.05) is 13.7 Å². The van der Waals surface area contributed by atoms with Crippen LogP contribution in [0.15, 0.2) is 36.0 Å². The maximum atomic E-state index is 12.5. The Balaban J connectivity index is 2.28. The van der Waals surface area contributed by atoms with Crippen molar-refractivity contribution in [1.29, 1.82) is 0 Å². The van der Waals surface area contributed by atoms with Crippen LogP contribution < -0.4 is 0 Å². The molecule has 6 nitrogen and oxygen atoms in total. The van der Waals surface area contributed by atoms with Gasteiger partial charge in [-0.3, -0.25) is 9.59 Å². The molecular formula is C20H26O6. The Bertz CT molecular complexity index is 657. The zero-order chi connectivity index (χ0) is 19.4. The summed E-state index contributed by atoms with van der Waals surface area (Å²) in [6, 6.07) is 0. The van der Waals surface area contributed by atoms with E-state index in [0.717, 1.165) is 5.57 Å². The van der Waals surface area contributed by atoms with Gasteiger partial charge in [0.1, 0.15) is 12.7 Å². The average molecular weight is 362 g/mol. The first-order valence-corrected chi connectivity index (χ1v) is 8.75. The molecular weight excluding hydrogens is 336 g/mol. The summed E-state index contributed by atoms with van der Waals surface area (Å²) in [5.74, 6) is -1.63. The van der Waals surface area contributed by atoms with E-state index in [1.807, 2.05) is 0 Å². The van der Waals surface area contributed by atoms with Crippen LogP contribution in [0.2, 0.25) is 0 Å². The third-order valence-corrected chi connectivity index (χ3v) is 4.78. The molecule has 1 heterocycles. The molecule has 0 amide bonds. The normalized spacial score (nSPS) is 29.1. The van der Waals surface area contributed by atoms with Crippen LogP contribution in [0.4, 0.5) is 0 Å². The van der Waals surface area contributed by atoms with Crippen LogP contribution in [-0.2, 0) is 28.6 Å². The molecule has 1 aliphatic carbocycles. The molecule has 2 aliphatic rings. The van der Waals surface area contributed by atoms with Gasteiger partial charge in [0.2, 0.25) is 0 Å². The van der Waals surface area contributed by atoms with E-state index < -0.39 is 24.1 Å². The van der Waals surface area contributed by atoms with Gasteiger partial charge in [-0.2, -0.15) is 0 Å². The minimum Gasteiger partial charge on any atom is -0.461 e. The Morgan fingerprint density at radius 2 is 2.00 bits per heavy atom. The number of methoxy groups -OCH3 is 1. The highest BCUT2D eigenvalue weighted by Crippen LogP contribution is 2.34. The van der Waals surface area contributed by atoms with E-state index in [1.54, 1.807) is 19.9 Å². The second-order valence-corrected chi connectivity index (χ2v) is 7.00. The van der Waals surface area contributed by atoms with Crippen LogP contribution in [0.25, 0.3) is 0 Å². The summed E-state index contributed by atoms with van der Waals surface area (Å²) in [5.41, 5.74) is 1.47. The fraction of sp³-hybridized carbons (Fsp3) is 0.550. The summed E-state index contributed by atoms with van der Waals surface area (Å²) < 4.78 is 16.1.